The molecule has 0 spiro atoms. The van der Waals surface area contributed by atoms with Gasteiger partial charge in [0.1, 0.15) is 5.58 Å². The predicted octanol–water partition coefficient (Wildman–Crippen LogP) is 3.33. The zero-order valence-corrected chi connectivity index (χ0v) is 17.8. The maximum atomic E-state index is 12.5. The first-order valence-electron chi connectivity index (χ1n) is 10.2. The lowest BCUT2D eigenvalue weighted by molar-refractivity contribution is -0.118. The van der Waals surface area contributed by atoms with Gasteiger partial charge in [-0.05, 0) is 42.3 Å². The van der Waals surface area contributed by atoms with E-state index in [0.717, 1.165) is 24.0 Å². The molecule has 2 aromatic carbocycles. The quantitative estimate of drug-likeness (QED) is 0.587. The number of hydrogen-bond acceptors (Lipinski definition) is 5. The molecule has 8 heteroatoms. The summed E-state index contributed by atoms with van der Waals surface area (Å²) in [5.74, 6) is -0.144. The number of benzene rings is 2. The molecular formula is C23H24ClN3O4. The third-order valence-corrected chi connectivity index (χ3v) is 5.50. The lowest BCUT2D eigenvalue weighted by Crippen LogP contribution is -2.41. The van der Waals surface area contributed by atoms with Crippen molar-refractivity contribution >= 4 is 40.1 Å². The molecule has 1 aromatic heterocycles. The minimum atomic E-state index is -0.291. The van der Waals surface area contributed by atoms with Crippen LogP contribution in [0.1, 0.15) is 16.1 Å². The number of fused-ring (bicyclic) bond motifs is 1. The van der Waals surface area contributed by atoms with Gasteiger partial charge in [0, 0.05) is 35.7 Å². The first-order chi connectivity index (χ1) is 15.1. The van der Waals surface area contributed by atoms with E-state index >= 15 is 0 Å². The second-order valence-electron chi connectivity index (χ2n) is 7.40. The molecule has 0 saturated carbocycles. The van der Waals surface area contributed by atoms with E-state index in [2.05, 4.69) is 15.5 Å². The number of nitrogens with one attached hydrogen (secondary N) is 2. The van der Waals surface area contributed by atoms with Crippen molar-refractivity contribution in [2.24, 2.45) is 0 Å². The van der Waals surface area contributed by atoms with E-state index in [1.807, 2.05) is 24.3 Å². The smallest absolute Gasteiger partial charge is 0.287 e. The van der Waals surface area contributed by atoms with Crippen LogP contribution in [0.15, 0.2) is 52.9 Å². The Morgan fingerprint density at radius 1 is 1.06 bits per heavy atom. The number of morpholine rings is 1. The molecule has 1 aliphatic rings. The number of furan rings is 1. The van der Waals surface area contributed by atoms with Gasteiger partial charge in [-0.15, -0.1) is 0 Å². The first kappa shape index (κ1) is 21.4. The summed E-state index contributed by atoms with van der Waals surface area (Å²) in [6.45, 7) is 3.58. The molecule has 1 saturated heterocycles. The number of carbonyl (C=O) groups is 2. The molecule has 2 amide bonds. The molecule has 4 rings (SSSR count). The molecular weight excluding hydrogens is 418 g/mol. The number of halogens is 1. The van der Waals surface area contributed by atoms with Gasteiger partial charge in [-0.2, -0.15) is 0 Å². The van der Waals surface area contributed by atoms with E-state index < -0.39 is 0 Å². The molecule has 1 fully saturated rings. The lowest BCUT2D eigenvalue weighted by atomic mass is 10.1. The summed E-state index contributed by atoms with van der Waals surface area (Å²) in [5.41, 5.74) is 2.23. The summed E-state index contributed by atoms with van der Waals surface area (Å²) in [5, 5.41) is 7.19. The van der Waals surface area contributed by atoms with Gasteiger partial charge in [-0.3, -0.25) is 14.5 Å². The monoisotopic (exact) mass is 441 g/mol. The van der Waals surface area contributed by atoms with E-state index in [1.54, 1.807) is 24.3 Å². The second-order valence-corrected chi connectivity index (χ2v) is 7.80. The Morgan fingerprint density at radius 2 is 1.87 bits per heavy atom. The van der Waals surface area contributed by atoms with Gasteiger partial charge in [0.15, 0.2) is 5.76 Å². The van der Waals surface area contributed by atoms with Gasteiger partial charge in [-0.1, -0.05) is 29.8 Å². The van der Waals surface area contributed by atoms with Crippen LogP contribution in [0.5, 0.6) is 0 Å². The van der Waals surface area contributed by atoms with Crippen molar-refractivity contribution in [2.45, 2.75) is 6.42 Å². The molecule has 162 valence electrons. The maximum Gasteiger partial charge on any atom is 0.287 e. The number of amides is 2. The Morgan fingerprint density at radius 3 is 2.68 bits per heavy atom. The highest BCUT2D eigenvalue weighted by molar-refractivity contribution is 6.31. The van der Waals surface area contributed by atoms with Crippen molar-refractivity contribution in [3.63, 3.8) is 0 Å². The Kier molecular flexibility index (Phi) is 6.86. The molecule has 1 aliphatic heterocycles. The number of carbonyl (C=O) groups excluding carboxylic acids is 2. The van der Waals surface area contributed by atoms with Crippen LogP contribution in [-0.4, -0.2) is 56.1 Å². The highest BCUT2D eigenvalue weighted by atomic mass is 35.5. The van der Waals surface area contributed by atoms with Crippen LogP contribution in [0, 0.1) is 0 Å². The van der Waals surface area contributed by atoms with E-state index in [-0.39, 0.29) is 17.6 Å². The standard InChI is InChI=1S/C23H24ClN3O4/c24-19-4-2-1-3-16(19)7-8-25-23(29)21-14-17-13-18(5-6-20(17)31-21)26-22(28)15-27-9-11-30-12-10-27/h1-6,13-14H,7-12,15H2,(H,25,29)(H,26,28). The van der Waals surface area contributed by atoms with Crippen LogP contribution in [-0.2, 0) is 16.0 Å². The van der Waals surface area contributed by atoms with Gasteiger partial charge in [0.25, 0.3) is 5.91 Å². The van der Waals surface area contributed by atoms with Crippen molar-refractivity contribution < 1.29 is 18.7 Å². The van der Waals surface area contributed by atoms with Gasteiger partial charge in [0.2, 0.25) is 5.91 Å². The molecule has 0 unspecified atom stereocenters. The molecule has 0 radical (unpaired) electrons. The Balaban J connectivity index is 1.33. The average Bonchev–Trinajstić information content (AvgIpc) is 3.19. The topological polar surface area (TPSA) is 83.8 Å². The number of nitrogens with zero attached hydrogens (tertiary/aromatic N) is 1. The molecule has 2 N–H and O–H groups in total. The van der Waals surface area contributed by atoms with Crippen LogP contribution >= 0.6 is 11.6 Å². The second kappa shape index (κ2) is 9.96. The fourth-order valence-corrected chi connectivity index (χ4v) is 3.73. The number of anilines is 1. The zero-order valence-electron chi connectivity index (χ0n) is 17.0. The van der Waals surface area contributed by atoms with E-state index in [9.17, 15) is 9.59 Å². The van der Waals surface area contributed by atoms with Crippen LogP contribution < -0.4 is 10.6 Å². The van der Waals surface area contributed by atoms with Crippen molar-refractivity contribution in [2.75, 3.05) is 44.7 Å². The number of hydrogen-bond donors (Lipinski definition) is 2. The van der Waals surface area contributed by atoms with Gasteiger partial charge < -0.3 is 19.8 Å². The fraction of sp³-hybridized carbons (Fsp3) is 0.304. The summed E-state index contributed by atoms with van der Waals surface area (Å²) in [6, 6.07) is 14.5. The summed E-state index contributed by atoms with van der Waals surface area (Å²) >= 11 is 6.15. The number of ether oxygens (including phenoxy) is 1. The molecule has 0 atom stereocenters. The van der Waals surface area contributed by atoms with E-state index in [1.165, 1.54) is 0 Å². The van der Waals surface area contributed by atoms with E-state index in [0.29, 0.717) is 49.0 Å². The highest BCUT2D eigenvalue weighted by Gasteiger charge is 2.16. The summed E-state index contributed by atoms with van der Waals surface area (Å²) < 4.78 is 11.0. The van der Waals surface area contributed by atoms with Crippen molar-refractivity contribution in [1.29, 1.82) is 0 Å². The fourth-order valence-electron chi connectivity index (χ4n) is 3.49. The summed E-state index contributed by atoms with van der Waals surface area (Å²) in [4.78, 5) is 26.8. The van der Waals surface area contributed by atoms with Gasteiger partial charge >= 0.3 is 0 Å². The van der Waals surface area contributed by atoms with Crippen molar-refractivity contribution in [3.8, 4) is 0 Å². The Hall–Kier alpha value is -2.87. The average molecular weight is 442 g/mol. The van der Waals surface area contributed by atoms with Crippen LogP contribution in [0.2, 0.25) is 5.02 Å². The minimum absolute atomic E-state index is 0.0812. The van der Waals surface area contributed by atoms with E-state index in [4.69, 9.17) is 20.8 Å². The maximum absolute atomic E-state index is 12.5. The van der Waals surface area contributed by atoms with Crippen LogP contribution in [0.3, 0.4) is 0 Å². The van der Waals surface area contributed by atoms with Crippen molar-refractivity contribution in [1.82, 2.24) is 10.2 Å². The van der Waals surface area contributed by atoms with Gasteiger partial charge in [-0.25, -0.2) is 0 Å². The van der Waals surface area contributed by atoms with Crippen molar-refractivity contribution in [3.05, 3.63) is 64.9 Å². The summed E-state index contributed by atoms with van der Waals surface area (Å²) in [7, 11) is 0. The molecule has 0 bridgehead atoms. The zero-order chi connectivity index (χ0) is 21.6. The van der Waals surface area contributed by atoms with Crippen LogP contribution in [0.25, 0.3) is 11.0 Å². The molecule has 0 aliphatic carbocycles. The minimum Gasteiger partial charge on any atom is -0.451 e. The molecule has 2 heterocycles. The first-order valence-corrected chi connectivity index (χ1v) is 10.6. The Labute approximate surface area is 185 Å². The SMILES string of the molecule is O=C(CN1CCOCC1)Nc1ccc2oc(C(=O)NCCc3ccccc3Cl)cc2c1. The third kappa shape index (κ3) is 5.64. The number of rotatable bonds is 7. The van der Waals surface area contributed by atoms with Crippen LogP contribution in [0.4, 0.5) is 5.69 Å². The van der Waals surface area contributed by atoms with Gasteiger partial charge in [0.05, 0.1) is 19.8 Å². The largest absolute Gasteiger partial charge is 0.451 e. The summed E-state index contributed by atoms with van der Waals surface area (Å²) in [6.07, 6.45) is 0.630. The molecule has 7 nitrogen and oxygen atoms in total. The lowest BCUT2D eigenvalue weighted by Gasteiger charge is -2.25. The normalized spacial score (nSPS) is 14.5. The predicted molar refractivity (Wildman–Crippen MR) is 120 cm³/mol. The highest BCUT2D eigenvalue weighted by Crippen LogP contribution is 2.23. The molecule has 3 aromatic rings. The third-order valence-electron chi connectivity index (χ3n) is 5.13. The molecule has 31 heavy (non-hydrogen) atoms. The Bertz CT molecular complexity index is 1080.